The molecule has 0 amide bonds. The van der Waals surface area contributed by atoms with Crippen molar-refractivity contribution in [3.63, 3.8) is 0 Å². The fraction of sp³-hybridized carbons (Fsp3) is 0.857. The van der Waals surface area contributed by atoms with Gasteiger partial charge >= 0.3 is 0 Å². The number of rotatable bonds is 3. The molecule has 2 nitrogen and oxygen atoms in total. The van der Waals surface area contributed by atoms with Crippen LogP contribution >= 0.6 is 0 Å². The molecule has 0 aromatic heterocycles. The fourth-order valence-electron chi connectivity index (χ4n) is 3.69. The molecule has 3 rings (SSSR count). The zero-order chi connectivity index (χ0) is 12.1. The average molecular weight is 222 g/mol. The first-order valence-electron chi connectivity index (χ1n) is 6.37. The number of ketones is 2. The summed E-state index contributed by atoms with van der Waals surface area (Å²) in [6, 6.07) is 0. The van der Waals surface area contributed by atoms with Gasteiger partial charge in [0, 0.05) is 18.3 Å². The Labute approximate surface area is 97.8 Å². The fourth-order valence-corrected chi connectivity index (χ4v) is 3.69. The second kappa shape index (κ2) is 3.68. The molecular formula is C14H22O2. The number of carbonyl (C=O) groups excluding carboxylic acids is 2. The molecule has 3 aliphatic carbocycles. The van der Waals surface area contributed by atoms with Gasteiger partial charge in [0.25, 0.3) is 0 Å². The molecule has 0 aliphatic heterocycles. The summed E-state index contributed by atoms with van der Waals surface area (Å²) in [5, 5.41) is 0. The van der Waals surface area contributed by atoms with E-state index >= 15 is 0 Å². The van der Waals surface area contributed by atoms with Crippen molar-refractivity contribution < 1.29 is 9.59 Å². The number of carbonyl (C=O) groups is 2. The summed E-state index contributed by atoms with van der Waals surface area (Å²) in [7, 11) is 0. The van der Waals surface area contributed by atoms with E-state index in [0.717, 1.165) is 12.8 Å². The lowest BCUT2D eigenvalue weighted by Crippen LogP contribution is -2.57. The molecule has 0 radical (unpaired) electrons. The average Bonchev–Trinajstić information content (AvgIpc) is 2.15. The highest BCUT2D eigenvalue weighted by Crippen LogP contribution is 2.60. The van der Waals surface area contributed by atoms with E-state index in [0.29, 0.717) is 18.1 Å². The molecule has 0 heterocycles. The van der Waals surface area contributed by atoms with Crippen molar-refractivity contribution in [3.8, 4) is 0 Å². The van der Waals surface area contributed by atoms with Crippen LogP contribution in [0, 0.1) is 29.1 Å². The van der Waals surface area contributed by atoms with Gasteiger partial charge in [0.2, 0.25) is 0 Å². The first-order valence-corrected chi connectivity index (χ1v) is 6.37. The van der Waals surface area contributed by atoms with E-state index in [-0.39, 0.29) is 29.0 Å². The van der Waals surface area contributed by atoms with Gasteiger partial charge < -0.3 is 4.79 Å². The van der Waals surface area contributed by atoms with Crippen molar-refractivity contribution in [2.24, 2.45) is 29.1 Å². The van der Waals surface area contributed by atoms with E-state index in [1.165, 1.54) is 0 Å². The molecule has 4 atom stereocenters. The van der Waals surface area contributed by atoms with Gasteiger partial charge in [-0.25, -0.2) is 0 Å². The first-order chi connectivity index (χ1) is 7.34. The molecule has 0 saturated heterocycles. The number of hydrogen-bond acceptors (Lipinski definition) is 2. The topological polar surface area (TPSA) is 34.1 Å². The van der Waals surface area contributed by atoms with E-state index in [4.69, 9.17) is 0 Å². The minimum Gasteiger partial charge on any atom is -0.300 e. The zero-order valence-corrected chi connectivity index (χ0v) is 10.7. The van der Waals surface area contributed by atoms with Gasteiger partial charge in [-0.15, -0.1) is 0 Å². The van der Waals surface area contributed by atoms with Crippen molar-refractivity contribution in [1.29, 1.82) is 0 Å². The molecule has 2 bridgehead atoms. The molecule has 3 fully saturated rings. The van der Waals surface area contributed by atoms with Gasteiger partial charge in [-0.1, -0.05) is 20.8 Å². The highest BCUT2D eigenvalue weighted by atomic mass is 16.1. The van der Waals surface area contributed by atoms with Gasteiger partial charge in [-0.2, -0.15) is 0 Å². The summed E-state index contributed by atoms with van der Waals surface area (Å²) in [6.07, 6.45) is 2.67. The summed E-state index contributed by atoms with van der Waals surface area (Å²) in [5.41, 5.74) is 0.226. The molecule has 16 heavy (non-hydrogen) atoms. The van der Waals surface area contributed by atoms with Crippen LogP contribution in [-0.4, -0.2) is 11.6 Å². The molecule has 2 heteroatoms. The molecule has 0 unspecified atom stereocenters. The summed E-state index contributed by atoms with van der Waals surface area (Å²) in [4.78, 5) is 23.4. The maximum atomic E-state index is 12.3. The SMILES string of the molecule is CC(=O)C[C@@H](C)[C@@H]1C[C@H]2C[C@@H](C1=O)C2(C)C. The van der Waals surface area contributed by atoms with E-state index in [9.17, 15) is 9.59 Å². The molecule has 0 aromatic carbocycles. The molecule has 0 aromatic rings. The van der Waals surface area contributed by atoms with Crippen molar-refractivity contribution in [2.75, 3.05) is 0 Å². The second-order valence-electron chi connectivity index (χ2n) is 6.43. The van der Waals surface area contributed by atoms with Crippen LogP contribution in [-0.2, 0) is 9.59 Å². The first kappa shape index (κ1) is 11.8. The van der Waals surface area contributed by atoms with Crippen LogP contribution in [0.15, 0.2) is 0 Å². The Bertz CT molecular complexity index is 330. The van der Waals surface area contributed by atoms with Crippen LogP contribution in [0.2, 0.25) is 0 Å². The molecule has 0 N–H and O–H groups in total. The zero-order valence-electron chi connectivity index (χ0n) is 10.7. The third-order valence-electron chi connectivity index (χ3n) is 5.01. The largest absolute Gasteiger partial charge is 0.300 e. The lowest BCUT2D eigenvalue weighted by molar-refractivity contribution is -0.160. The quantitative estimate of drug-likeness (QED) is 0.736. The van der Waals surface area contributed by atoms with Crippen LogP contribution < -0.4 is 0 Å². The Hall–Kier alpha value is -0.660. The third-order valence-corrected chi connectivity index (χ3v) is 5.01. The molecule has 0 spiro atoms. The van der Waals surface area contributed by atoms with Gasteiger partial charge in [0.1, 0.15) is 11.6 Å². The standard InChI is InChI=1S/C14H22O2/c1-8(5-9(2)15)11-6-10-7-12(13(11)16)14(10,3)4/h8,10-12H,5-7H2,1-4H3/t8-,10+,11+,12+/m1/s1. The van der Waals surface area contributed by atoms with E-state index in [2.05, 4.69) is 20.8 Å². The van der Waals surface area contributed by atoms with Crippen LogP contribution in [0.5, 0.6) is 0 Å². The Morgan fingerprint density at radius 3 is 2.50 bits per heavy atom. The van der Waals surface area contributed by atoms with Crippen molar-refractivity contribution in [1.82, 2.24) is 0 Å². The Kier molecular flexibility index (Phi) is 2.72. The summed E-state index contributed by atoms with van der Waals surface area (Å²) in [5.74, 6) is 2.01. The van der Waals surface area contributed by atoms with E-state index in [1.807, 2.05) is 0 Å². The lowest BCUT2D eigenvalue weighted by atomic mass is 9.45. The minimum atomic E-state index is 0.153. The Morgan fingerprint density at radius 1 is 1.44 bits per heavy atom. The van der Waals surface area contributed by atoms with E-state index in [1.54, 1.807) is 6.92 Å². The normalized spacial score (nSPS) is 37.8. The summed E-state index contributed by atoms with van der Waals surface area (Å²) in [6.45, 7) is 8.11. The lowest BCUT2D eigenvalue weighted by Gasteiger charge is -2.58. The molecule has 3 aliphatic rings. The number of hydrogen-bond donors (Lipinski definition) is 0. The smallest absolute Gasteiger partial charge is 0.139 e. The monoisotopic (exact) mass is 222 g/mol. The predicted molar refractivity (Wildman–Crippen MR) is 63.0 cm³/mol. The summed E-state index contributed by atoms with van der Waals surface area (Å²) >= 11 is 0. The van der Waals surface area contributed by atoms with Crippen molar-refractivity contribution in [2.45, 2.75) is 47.0 Å². The van der Waals surface area contributed by atoms with Crippen LogP contribution in [0.1, 0.15) is 47.0 Å². The van der Waals surface area contributed by atoms with Gasteiger partial charge in [0.15, 0.2) is 0 Å². The van der Waals surface area contributed by atoms with Gasteiger partial charge in [-0.05, 0) is 37.0 Å². The van der Waals surface area contributed by atoms with Crippen LogP contribution in [0.25, 0.3) is 0 Å². The highest BCUT2D eigenvalue weighted by molar-refractivity contribution is 5.87. The molecule has 90 valence electrons. The van der Waals surface area contributed by atoms with Crippen molar-refractivity contribution in [3.05, 3.63) is 0 Å². The maximum absolute atomic E-state index is 12.3. The second-order valence-corrected chi connectivity index (χ2v) is 6.43. The molecule has 3 saturated carbocycles. The van der Waals surface area contributed by atoms with E-state index < -0.39 is 0 Å². The van der Waals surface area contributed by atoms with Gasteiger partial charge in [0.05, 0.1) is 0 Å². The Morgan fingerprint density at radius 2 is 2.06 bits per heavy atom. The third kappa shape index (κ3) is 1.63. The van der Waals surface area contributed by atoms with Crippen LogP contribution in [0.4, 0.5) is 0 Å². The van der Waals surface area contributed by atoms with Crippen molar-refractivity contribution >= 4 is 11.6 Å². The highest BCUT2D eigenvalue weighted by Gasteiger charge is 2.58. The number of fused-ring (bicyclic) bond motifs is 2. The molecular weight excluding hydrogens is 200 g/mol. The Balaban J connectivity index is 2.06. The number of Topliss-reactive ketones (excluding diaryl/α,β-unsaturated/α-hetero) is 2. The van der Waals surface area contributed by atoms with Crippen LogP contribution in [0.3, 0.4) is 0 Å². The maximum Gasteiger partial charge on any atom is 0.139 e. The summed E-state index contributed by atoms with van der Waals surface area (Å²) < 4.78 is 0. The predicted octanol–water partition coefficient (Wildman–Crippen LogP) is 2.85. The minimum absolute atomic E-state index is 0.153. The van der Waals surface area contributed by atoms with Gasteiger partial charge in [-0.3, -0.25) is 4.79 Å².